The molecule has 0 bridgehead atoms. The van der Waals surface area contributed by atoms with Gasteiger partial charge in [-0.2, -0.15) is 0 Å². The highest BCUT2D eigenvalue weighted by Gasteiger charge is 2.25. The van der Waals surface area contributed by atoms with E-state index in [1.165, 1.54) is 6.07 Å². The van der Waals surface area contributed by atoms with E-state index in [2.05, 4.69) is 15.0 Å². The summed E-state index contributed by atoms with van der Waals surface area (Å²) in [7, 11) is 0. The number of nitrogens with one attached hydrogen (secondary N) is 1. The molecule has 3 N–H and O–H groups in total. The van der Waals surface area contributed by atoms with Crippen LogP contribution in [0.25, 0.3) is 22.6 Å². The van der Waals surface area contributed by atoms with Crippen molar-refractivity contribution in [1.82, 2.24) is 15.0 Å². The van der Waals surface area contributed by atoms with Crippen LogP contribution in [0, 0.1) is 5.41 Å². The summed E-state index contributed by atoms with van der Waals surface area (Å²) in [6, 6.07) is 10.4. The van der Waals surface area contributed by atoms with Crippen LogP contribution in [0.4, 0.5) is 0 Å². The third kappa shape index (κ3) is 4.23. The molecule has 0 unspecified atom stereocenters. The van der Waals surface area contributed by atoms with Crippen LogP contribution in [0.3, 0.4) is 0 Å². The van der Waals surface area contributed by atoms with Crippen molar-refractivity contribution >= 4 is 17.5 Å². The molecule has 0 aliphatic heterocycles. The smallest absolute Gasteiger partial charge is 0.251 e. The Morgan fingerprint density at radius 2 is 2.04 bits per heavy atom. The molecule has 0 aliphatic rings. The van der Waals surface area contributed by atoms with Crippen LogP contribution >= 0.6 is 11.6 Å². The first-order valence-electron chi connectivity index (χ1n) is 8.37. The van der Waals surface area contributed by atoms with Gasteiger partial charge in [-0.15, -0.1) is 0 Å². The van der Waals surface area contributed by atoms with Crippen LogP contribution < -0.4 is 11.3 Å². The zero-order valence-electron chi connectivity index (χ0n) is 15.0. The van der Waals surface area contributed by atoms with E-state index in [-0.39, 0.29) is 11.5 Å². The van der Waals surface area contributed by atoms with Crippen molar-refractivity contribution in [1.29, 1.82) is 0 Å². The number of nitrogens with zero attached hydrogens (tertiary/aromatic N) is 2. The Labute approximate surface area is 161 Å². The van der Waals surface area contributed by atoms with Crippen molar-refractivity contribution in [2.24, 2.45) is 11.1 Å². The van der Waals surface area contributed by atoms with Crippen LogP contribution in [0.1, 0.15) is 19.4 Å². The molecular weight excluding hydrogens is 364 g/mol. The molecule has 3 rings (SSSR count). The van der Waals surface area contributed by atoms with Crippen molar-refractivity contribution in [2.75, 3.05) is 0 Å². The highest BCUT2D eigenvalue weighted by Crippen LogP contribution is 2.30. The first-order valence-corrected chi connectivity index (χ1v) is 8.74. The molecule has 1 amide bonds. The Morgan fingerprint density at radius 1 is 1.26 bits per heavy atom. The van der Waals surface area contributed by atoms with Gasteiger partial charge in [-0.3, -0.25) is 14.6 Å². The number of carbonyl (C=O) groups excluding carboxylic acids is 1. The fourth-order valence-corrected chi connectivity index (χ4v) is 2.92. The minimum absolute atomic E-state index is 0.294. The average molecular weight is 383 g/mol. The van der Waals surface area contributed by atoms with Crippen LogP contribution in [-0.2, 0) is 11.2 Å². The lowest BCUT2D eigenvalue weighted by atomic mass is 9.85. The van der Waals surface area contributed by atoms with E-state index in [0.29, 0.717) is 28.5 Å². The zero-order chi connectivity index (χ0) is 19.6. The van der Waals surface area contributed by atoms with Gasteiger partial charge in [0.15, 0.2) is 0 Å². The monoisotopic (exact) mass is 382 g/mol. The number of pyridine rings is 1. The number of hydrogen-bond acceptors (Lipinski definition) is 4. The van der Waals surface area contributed by atoms with E-state index in [1.807, 2.05) is 18.2 Å². The second kappa shape index (κ2) is 7.32. The third-order valence-corrected chi connectivity index (χ3v) is 4.63. The summed E-state index contributed by atoms with van der Waals surface area (Å²) < 4.78 is 0. The van der Waals surface area contributed by atoms with Gasteiger partial charge >= 0.3 is 0 Å². The van der Waals surface area contributed by atoms with E-state index in [0.717, 1.165) is 11.1 Å². The summed E-state index contributed by atoms with van der Waals surface area (Å²) >= 11 is 6.35. The van der Waals surface area contributed by atoms with Gasteiger partial charge < -0.3 is 10.7 Å². The minimum atomic E-state index is -0.705. The van der Waals surface area contributed by atoms with Gasteiger partial charge in [0.1, 0.15) is 5.82 Å². The molecule has 0 fully saturated rings. The predicted molar refractivity (Wildman–Crippen MR) is 105 cm³/mol. The number of H-pyrrole nitrogens is 1. The van der Waals surface area contributed by atoms with Crippen molar-refractivity contribution in [3.05, 3.63) is 69.7 Å². The normalized spacial score (nSPS) is 11.4. The number of primary amides is 1. The molecule has 7 heteroatoms. The molecule has 27 heavy (non-hydrogen) atoms. The predicted octanol–water partition coefficient (Wildman–Crippen LogP) is 3.21. The molecule has 138 valence electrons. The summed E-state index contributed by atoms with van der Waals surface area (Å²) in [4.78, 5) is 35.1. The lowest BCUT2D eigenvalue weighted by Crippen LogP contribution is -2.33. The van der Waals surface area contributed by atoms with E-state index in [1.54, 1.807) is 38.4 Å². The third-order valence-electron chi connectivity index (χ3n) is 4.30. The Hall–Kier alpha value is -2.99. The quantitative estimate of drug-likeness (QED) is 0.707. The molecule has 0 saturated heterocycles. The van der Waals surface area contributed by atoms with Gasteiger partial charge in [0.05, 0.1) is 10.7 Å². The Bertz CT molecular complexity index is 1050. The Morgan fingerprint density at radius 3 is 2.70 bits per heavy atom. The maximum atomic E-state index is 12.2. The number of carbonyl (C=O) groups is 1. The lowest BCUT2D eigenvalue weighted by molar-refractivity contribution is -0.125. The van der Waals surface area contributed by atoms with Crippen LogP contribution in [-0.4, -0.2) is 20.9 Å². The lowest BCUT2D eigenvalue weighted by Gasteiger charge is -2.20. The molecule has 1 aromatic carbocycles. The maximum absolute atomic E-state index is 12.2. The van der Waals surface area contributed by atoms with Crippen molar-refractivity contribution in [3.63, 3.8) is 0 Å². The molecule has 0 saturated carbocycles. The van der Waals surface area contributed by atoms with Gasteiger partial charge in [-0.25, -0.2) is 4.98 Å². The zero-order valence-corrected chi connectivity index (χ0v) is 15.7. The molecular formula is C20H19ClN4O2. The molecule has 0 spiro atoms. The molecule has 0 atom stereocenters. The molecule has 6 nitrogen and oxygen atoms in total. The molecule has 2 heterocycles. The number of rotatable bonds is 5. The van der Waals surface area contributed by atoms with Crippen molar-refractivity contribution in [3.8, 4) is 22.6 Å². The maximum Gasteiger partial charge on any atom is 0.251 e. The Kier molecular flexibility index (Phi) is 5.10. The summed E-state index contributed by atoms with van der Waals surface area (Å²) in [5.41, 5.74) is 7.15. The van der Waals surface area contributed by atoms with Gasteiger partial charge in [0.2, 0.25) is 5.91 Å². The van der Waals surface area contributed by atoms with Gasteiger partial charge in [0, 0.05) is 35.0 Å². The van der Waals surface area contributed by atoms with Gasteiger partial charge in [-0.1, -0.05) is 31.5 Å². The van der Waals surface area contributed by atoms with E-state index >= 15 is 0 Å². The highest BCUT2D eigenvalue weighted by atomic mass is 35.5. The van der Waals surface area contributed by atoms with Crippen LogP contribution in [0.15, 0.2) is 53.6 Å². The summed E-state index contributed by atoms with van der Waals surface area (Å²) in [6.07, 6.45) is 3.73. The minimum Gasteiger partial charge on any atom is -0.369 e. The second-order valence-corrected chi connectivity index (χ2v) is 7.37. The first-order chi connectivity index (χ1) is 12.8. The average Bonchev–Trinajstić information content (AvgIpc) is 2.63. The summed E-state index contributed by atoms with van der Waals surface area (Å²) in [5.74, 6) is -0.0332. The Balaban J connectivity index is 2.06. The van der Waals surface area contributed by atoms with Crippen LogP contribution in [0.2, 0.25) is 5.02 Å². The molecule has 2 aromatic heterocycles. The fourth-order valence-electron chi connectivity index (χ4n) is 2.71. The number of amides is 1. The number of benzene rings is 1. The highest BCUT2D eigenvalue weighted by molar-refractivity contribution is 6.33. The largest absolute Gasteiger partial charge is 0.369 e. The molecule has 0 radical (unpaired) electrons. The standard InChI is InChI=1S/C20H19ClN4O2/c1-20(2,19(22)27)10-12-5-6-15(21)14(8-12)18-24-16(9-17(26)25-18)13-4-3-7-23-11-13/h3-9,11H,10H2,1-2H3,(H2,22,27)(H,24,25,26). The van der Waals surface area contributed by atoms with E-state index in [9.17, 15) is 9.59 Å². The number of aromatic nitrogens is 3. The van der Waals surface area contributed by atoms with Crippen molar-refractivity contribution < 1.29 is 4.79 Å². The summed E-state index contributed by atoms with van der Waals surface area (Å²) in [5, 5.41) is 0.446. The molecule has 0 aliphatic carbocycles. The van der Waals surface area contributed by atoms with Gasteiger partial charge in [-0.05, 0) is 36.2 Å². The van der Waals surface area contributed by atoms with E-state index in [4.69, 9.17) is 17.3 Å². The second-order valence-electron chi connectivity index (χ2n) is 6.96. The topological polar surface area (TPSA) is 102 Å². The number of hydrogen-bond donors (Lipinski definition) is 2. The number of aromatic amines is 1. The van der Waals surface area contributed by atoms with E-state index < -0.39 is 5.41 Å². The fraction of sp³-hybridized carbons (Fsp3) is 0.200. The molecule has 3 aromatic rings. The number of nitrogens with two attached hydrogens (primary N) is 1. The van der Waals surface area contributed by atoms with Crippen molar-refractivity contribution in [2.45, 2.75) is 20.3 Å². The SMILES string of the molecule is CC(C)(Cc1ccc(Cl)c(-c2nc(-c3cccnc3)cc(=O)[nH]2)c1)C(N)=O. The number of halogens is 1. The van der Waals surface area contributed by atoms with Crippen LogP contribution in [0.5, 0.6) is 0 Å². The summed E-state index contributed by atoms with van der Waals surface area (Å²) in [6.45, 7) is 3.57. The van der Waals surface area contributed by atoms with Gasteiger partial charge in [0.25, 0.3) is 5.56 Å². The first kappa shape index (κ1) is 18.8.